The second-order valence-electron chi connectivity index (χ2n) is 7.58. The van der Waals surface area contributed by atoms with Crippen LogP contribution in [0.2, 0.25) is 0 Å². The smallest absolute Gasteiger partial charge is 0.135 e. The summed E-state index contributed by atoms with van der Waals surface area (Å²) in [6.07, 6.45) is 9.87. The first-order chi connectivity index (χ1) is 12.4. The Labute approximate surface area is 149 Å². The lowest BCUT2D eigenvalue weighted by molar-refractivity contribution is 0.249. The summed E-state index contributed by atoms with van der Waals surface area (Å²) in [6, 6.07) is 4.23. The van der Waals surface area contributed by atoms with Gasteiger partial charge in [0.15, 0.2) is 0 Å². The van der Waals surface area contributed by atoms with E-state index in [0.717, 1.165) is 51.4 Å². The number of hydrogen-bond acceptors (Lipinski definition) is 5. The standard InChI is InChI=1S/C20H25N5/c1-2-17-18(3-1)22-19(16-4-5-16)23-20(17)25-12-10-24(11-13-25)14-15-6-8-21-9-7-15/h6-9,16H,1-5,10-14H2. The highest BCUT2D eigenvalue weighted by atomic mass is 15.3. The van der Waals surface area contributed by atoms with Crippen LogP contribution in [0.15, 0.2) is 24.5 Å². The summed E-state index contributed by atoms with van der Waals surface area (Å²) < 4.78 is 0. The predicted octanol–water partition coefficient (Wildman–Crippen LogP) is 2.56. The number of hydrogen-bond donors (Lipinski definition) is 0. The lowest BCUT2D eigenvalue weighted by Crippen LogP contribution is -2.46. The third kappa shape index (κ3) is 3.13. The van der Waals surface area contributed by atoms with Gasteiger partial charge in [0, 0.05) is 62.3 Å². The van der Waals surface area contributed by atoms with Crippen LogP contribution in [-0.2, 0) is 19.4 Å². The van der Waals surface area contributed by atoms with Crippen molar-refractivity contribution < 1.29 is 0 Å². The van der Waals surface area contributed by atoms with Crippen LogP contribution < -0.4 is 4.90 Å². The fourth-order valence-electron chi connectivity index (χ4n) is 4.08. The van der Waals surface area contributed by atoms with E-state index in [-0.39, 0.29) is 0 Å². The van der Waals surface area contributed by atoms with Crippen molar-refractivity contribution >= 4 is 5.82 Å². The molecule has 0 unspecified atom stereocenters. The minimum absolute atomic E-state index is 0.637. The Morgan fingerprint density at radius 2 is 1.76 bits per heavy atom. The zero-order valence-electron chi connectivity index (χ0n) is 14.7. The Hall–Kier alpha value is -2.01. The quantitative estimate of drug-likeness (QED) is 0.859. The van der Waals surface area contributed by atoms with E-state index in [9.17, 15) is 0 Å². The average molecular weight is 335 g/mol. The third-order valence-corrected chi connectivity index (χ3v) is 5.70. The van der Waals surface area contributed by atoms with Gasteiger partial charge in [-0.05, 0) is 49.8 Å². The molecule has 1 saturated carbocycles. The van der Waals surface area contributed by atoms with Gasteiger partial charge in [0.2, 0.25) is 0 Å². The molecule has 0 bridgehead atoms. The number of pyridine rings is 1. The summed E-state index contributed by atoms with van der Waals surface area (Å²) in [5, 5.41) is 0. The molecular weight excluding hydrogens is 310 g/mol. The third-order valence-electron chi connectivity index (χ3n) is 5.70. The van der Waals surface area contributed by atoms with Gasteiger partial charge in [0.05, 0.1) is 0 Å². The topological polar surface area (TPSA) is 45.2 Å². The van der Waals surface area contributed by atoms with Gasteiger partial charge in [0.25, 0.3) is 0 Å². The maximum atomic E-state index is 5.03. The van der Waals surface area contributed by atoms with Gasteiger partial charge in [-0.2, -0.15) is 0 Å². The average Bonchev–Trinajstić information content (AvgIpc) is 3.40. The van der Waals surface area contributed by atoms with E-state index in [2.05, 4.69) is 26.9 Å². The van der Waals surface area contributed by atoms with E-state index >= 15 is 0 Å². The molecule has 3 heterocycles. The number of aromatic nitrogens is 3. The SMILES string of the molecule is c1cc(CN2CCN(c3nc(C4CC4)nc4c3CCC4)CC2)ccn1. The molecule has 1 aliphatic heterocycles. The maximum absolute atomic E-state index is 5.03. The van der Waals surface area contributed by atoms with Crippen molar-refractivity contribution in [1.29, 1.82) is 0 Å². The van der Waals surface area contributed by atoms with Gasteiger partial charge in [-0.3, -0.25) is 9.88 Å². The van der Waals surface area contributed by atoms with Crippen LogP contribution in [0, 0.1) is 0 Å². The minimum Gasteiger partial charge on any atom is -0.354 e. The van der Waals surface area contributed by atoms with Gasteiger partial charge in [0.1, 0.15) is 11.6 Å². The first-order valence-corrected chi connectivity index (χ1v) is 9.63. The molecule has 2 aromatic heterocycles. The molecule has 0 atom stereocenters. The van der Waals surface area contributed by atoms with Crippen LogP contribution in [0.3, 0.4) is 0 Å². The van der Waals surface area contributed by atoms with Gasteiger partial charge >= 0.3 is 0 Å². The monoisotopic (exact) mass is 335 g/mol. The molecule has 0 aromatic carbocycles. The highest BCUT2D eigenvalue weighted by Crippen LogP contribution is 2.40. The highest BCUT2D eigenvalue weighted by Gasteiger charge is 2.31. The molecule has 0 amide bonds. The largest absolute Gasteiger partial charge is 0.354 e. The molecule has 5 rings (SSSR count). The molecule has 2 aromatic rings. The van der Waals surface area contributed by atoms with Crippen LogP contribution in [0.1, 0.15) is 47.8 Å². The molecule has 25 heavy (non-hydrogen) atoms. The lowest BCUT2D eigenvalue weighted by Gasteiger charge is -2.36. The van der Waals surface area contributed by atoms with Crippen molar-refractivity contribution in [2.45, 2.75) is 44.6 Å². The second-order valence-corrected chi connectivity index (χ2v) is 7.58. The molecule has 130 valence electrons. The summed E-state index contributed by atoms with van der Waals surface area (Å²) in [6.45, 7) is 5.35. The van der Waals surface area contributed by atoms with Crippen LogP contribution >= 0.6 is 0 Å². The first-order valence-electron chi connectivity index (χ1n) is 9.63. The van der Waals surface area contributed by atoms with Crippen LogP contribution in [0.25, 0.3) is 0 Å². The van der Waals surface area contributed by atoms with Crippen LogP contribution in [0.5, 0.6) is 0 Å². The summed E-state index contributed by atoms with van der Waals surface area (Å²) >= 11 is 0. The highest BCUT2D eigenvalue weighted by molar-refractivity contribution is 5.52. The Morgan fingerprint density at radius 3 is 2.52 bits per heavy atom. The van der Waals surface area contributed by atoms with Crippen molar-refractivity contribution in [2.24, 2.45) is 0 Å². The fourth-order valence-corrected chi connectivity index (χ4v) is 4.08. The Morgan fingerprint density at radius 1 is 0.960 bits per heavy atom. The van der Waals surface area contributed by atoms with E-state index < -0.39 is 0 Å². The predicted molar refractivity (Wildman–Crippen MR) is 97.8 cm³/mol. The summed E-state index contributed by atoms with van der Waals surface area (Å²) in [7, 11) is 0. The Kier molecular flexibility index (Phi) is 3.89. The number of fused-ring (bicyclic) bond motifs is 1. The van der Waals surface area contributed by atoms with Crippen molar-refractivity contribution in [1.82, 2.24) is 19.9 Å². The van der Waals surface area contributed by atoms with Crippen LogP contribution in [-0.4, -0.2) is 46.0 Å². The molecule has 0 spiro atoms. The minimum atomic E-state index is 0.637. The van der Waals surface area contributed by atoms with Gasteiger partial charge in [-0.25, -0.2) is 9.97 Å². The summed E-state index contributed by atoms with van der Waals surface area (Å²) in [5.41, 5.74) is 4.13. The molecule has 1 saturated heterocycles. The van der Waals surface area contributed by atoms with E-state index in [0.29, 0.717) is 5.92 Å². The number of nitrogens with zero attached hydrogens (tertiary/aromatic N) is 5. The normalized spacial score (nSPS) is 20.7. The zero-order chi connectivity index (χ0) is 16.6. The summed E-state index contributed by atoms with van der Waals surface area (Å²) in [5.74, 6) is 3.01. The molecule has 3 aliphatic rings. The van der Waals surface area contributed by atoms with Crippen molar-refractivity contribution in [3.63, 3.8) is 0 Å². The molecule has 0 N–H and O–H groups in total. The van der Waals surface area contributed by atoms with E-state index in [1.54, 1.807) is 0 Å². The maximum Gasteiger partial charge on any atom is 0.135 e. The van der Waals surface area contributed by atoms with Gasteiger partial charge in [-0.1, -0.05) is 0 Å². The zero-order valence-corrected chi connectivity index (χ0v) is 14.7. The molecule has 5 heteroatoms. The second kappa shape index (κ2) is 6.37. The number of anilines is 1. The van der Waals surface area contributed by atoms with Crippen molar-refractivity contribution in [2.75, 3.05) is 31.1 Å². The fraction of sp³-hybridized carbons (Fsp3) is 0.550. The number of aryl methyl sites for hydroxylation is 1. The van der Waals surface area contributed by atoms with Gasteiger partial charge in [-0.15, -0.1) is 0 Å². The van der Waals surface area contributed by atoms with Crippen molar-refractivity contribution in [3.05, 3.63) is 47.2 Å². The first kappa shape index (κ1) is 15.3. The molecule has 5 nitrogen and oxygen atoms in total. The Balaban J connectivity index is 1.31. The van der Waals surface area contributed by atoms with Crippen molar-refractivity contribution in [3.8, 4) is 0 Å². The van der Waals surface area contributed by atoms with E-state index in [1.807, 2.05) is 12.4 Å². The molecule has 2 aliphatic carbocycles. The van der Waals surface area contributed by atoms with E-state index in [1.165, 1.54) is 41.9 Å². The van der Waals surface area contributed by atoms with Gasteiger partial charge < -0.3 is 4.90 Å². The molecule has 2 fully saturated rings. The van der Waals surface area contributed by atoms with Crippen LogP contribution in [0.4, 0.5) is 5.82 Å². The number of rotatable bonds is 4. The summed E-state index contributed by atoms with van der Waals surface area (Å²) in [4.78, 5) is 19.1. The molecule has 0 radical (unpaired) electrons. The Bertz CT molecular complexity index is 748. The number of piperazine rings is 1. The molecular formula is C20H25N5. The van der Waals surface area contributed by atoms with E-state index in [4.69, 9.17) is 9.97 Å². The lowest BCUT2D eigenvalue weighted by atomic mass is 10.2.